The van der Waals surface area contributed by atoms with Crippen LogP contribution in [0.5, 0.6) is 0 Å². The van der Waals surface area contributed by atoms with Gasteiger partial charge >= 0.3 is 0 Å². The fourth-order valence-corrected chi connectivity index (χ4v) is 4.99. The lowest BCUT2D eigenvalue weighted by Crippen LogP contribution is -2.35. The van der Waals surface area contributed by atoms with Crippen LogP contribution in [-0.2, 0) is 0 Å². The van der Waals surface area contributed by atoms with Gasteiger partial charge in [-0.05, 0) is 37.0 Å². The molecule has 116 valence electrons. The van der Waals surface area contributed by atoms with Crippen molar-refractivity contribution in [2.75, 3.05) is 17.3 Å². The third-order valence-corrected chi connectivity index (χ3v) is 6.23. The summed E-state index contributed by atoms with van der Waals surface area (Å²) in [5.41, 5.74) is 8.11. The molecule has 3 N–H and O–H groups in total. The molecule has 0 saturated heterocycles. The van der Waals surface area contributed by atoms with Gasteiger partial charge in [-0.3, -0.25) is 0 Å². The van der Waals surface area contributed by atoms with Gasteiger partial charge in [-0.25, -0.2) is 0 Å². The van der Waals surface area contributed by atoms with Crippen LogP contribution in [0.15, 0.2) is 23.1 Å². The molecule has 0 heterocycles. The van der Waals surface area contributed by atoms with Crippen molar-refractivity contribution in [3.05, 3.63) is 23.8 Å². The van der Waals surface area contributed by atoms with Crippen LogP contribution in [-0.4, -0.2) is 28.3 Å². The van der Waals surface area contributed by atoms with E-state index in [4.69, 9.17) is 18.0 Å². The van der Waals surface area contributed by atoms with E-state index in [1.54, 1.807) is 11.8 Å². The number of rotatable bonds is 6. The molecule has 1 aromatic carbocycles. The summed E-state index contributed by atoms with van der Waals surface area (Å²) in [5, 5.41) is 4.41. The highest BCUT2D eigenvalue weighted by Crippen LogP contribution is 2.33. The smallest absolute Gasteiger partial charge is 0.107 e. The molecule has 2 unspecified atom stereocenters. The molecule has 0 aromatic heterocycles. The minimum absolute atomic E-state index is 0.491. The summed E-state index contributed by atoms with van der Waals surface area (Å²) >= 11 is 9.07. The van der Waals surface area contributed by atoms with Crippen molar-refractivity contribution >= 4 is 46.4 Å². The van der Waals surface area contributed by atoms with Crippen LogP contribution in [0, 0.1) is 0 Å². The highest BCUT2D eigenvalue weighted by Gasteiger charge is 2.25. The van der Waals surface area contributed by atoms with Gasteiger partial charge in [0, 0.05) is 27.4 Å². The van der Waals surface area contributed by atoms with Crippen LogP contribution in [0.4, 0.5) is 5.69 Å². The van der Waals surface area contributed by atoms with Gasteiger partial charge in [-0.2, -0.15) is 11.8 Å². The Labute approximate surface area is 142 Å². The zero-order valence-corrected chi connectivity index (χ0v) is 15.2. The van der Waals surface area contributed by atoms with Gasteiger partial charge in [0.15, 0.2) is 0 Å². The first-order chi connectivity index (χ1) is 10.2. The quantitative estimate of drug-likeness (QED) is 0.588. The maximum Gasteiger partial charge on any atom is 0.107 e. The van der Waals surface area contributed by atoms with Crippen molar-refractivity contribution < 1.29 is 0 Å². The van der Waals surface area contributed by atoms with E-state index in [9.17, 15) is 0 Å². The fourth-order valence-electron chi connectivity index (χ4n) is 2.93. The maximum atomic E-state index is 5.99. The molecule has 0 radical (unpaired) electrons. The summed E-state index contributed by atoms with van der Waals surface area (Å²) in [4.78, 5) is 1.68. The predicted molar refractivity (Wildman–Crippen MR) is 102 cm³/mol. The van der Waals surface area contributed by atoms with Crippen molar-refractivity contribution in [1.29, 1.82) is 0 Å². The monoisotopic (exact) mass is 340 g/mol. The Morgan fingerprint density at radius 1 is 1.38 bits per heavy atom. The van der Waals surface area contributed by atoms with Crippen molar-refractivity contribution in [1.82, 2.24) is 0 Å². The van der Waals surface area contributed by atoms with Gasteiger partial charge in [0.05, 0.1) is 0 Å². The van der Waals surface area contributed by atoms with E-state index >= 15 is 0 Å². The first-order valence-corrected chi connectivity index (χ1v) is 10.2. The van der Waals surface area contributed by atoms with Gasteiger partial charge in [0.2, 0.25) is 0 Å². The van der Waals surface area contributed by atoms with Crippen molar-refractivity contribution in [2.45, 2.75) is 48.8 Å². The van der Waals surface area contributed by atoms with E-state index in [2.05, 4.69) is 36.7 Å². The molecule has 5 heteroatoms. The number of thiocarbonyl (C=S) groups is 1. The summed E-state index contributed by atoms with van der Waals surface area (Å²) < 4.78 is 0. The third-order valence-electron chi connectivity index (χ3n) is 3.92. The Bertz CT molecular complexity index is 490. The lowest BCUT2D eigenvalue weighted by molar-refractivity contribution is 0.475. The van der Waals surface area contributed by atoms with E-state index in [0.29, 0.717) is 16.3 Å². The number of hydrogen-bond acceptors (Lipinski definition) is 4. The molecular formula is C16H24N2S3. The summed E-state index contributed by atoms with van der Waals surface area (Å²) in [7, 11) is 0. The fraction of sp³-hybridized carbons (Fsp3) is 0.562. The average Bonchev–Trinajstić information content (AvgIpc) is 2.48. The molecule has 1 aliphatic carbocycles. The zero-order valence-electron chi connectivity index (χ0n) is 12.7. The number of thioether (sulfide) groups is 2. The molecule has 1 saturated carbocycles. The Kier molecular flexibility index (Phi) is 6.71. The van der Waals surface area contributed by atoms with Crippen molar-refractivity contribution in [2.24, 2.45) is 5.73 Å². The minimum atomic E-state index is 0.491. The molecule has 0 aliphatic heterocycles. The van der Waals surface area contributed by atoms with E-state index in [1.807, 2.05) is 11.8 Å². The third kappa shape index (κ3) is 4.30. The lowest BCUT2D eigenvalue weighted by Gasteiger charge is -2.32. The van der Waals surface area contributed by atoms with Crippen LogP contribution < -0.4 is 11.1 Å². The molecule has 2 nitrogen and oxygen atoms in total. The molecule has 21 heavy (non-hydrogen) atoms. The normalized spacial score (nSPS) is 22.0. The van der Waals surface area contributed by atoms with Gasteiger partial charge < -0.3 is 11.1 Å². The molecule has 1 aromatic rings. The van der Waals surface area contributed by atoms with Gasteiger partial charge in [-0.15, -0.1) is 11.8 Å². The Balaban J connectivity index is 2.26. The van der Waals surface area contributed by atoms with Gasteiger partial charge in [0.1, 0.15) is 4.99 Å². The van der Waals surface area contributed by atoms with Crippen LogP contribution >= 0.6 is 35.7 Å². The Hall–Kier alpha value is -0.390. The van der Waals surface area contributed by atoms with E-state index in [1.165, 1.54) is 30.6 Å². The topological polar surface area (TPSA) is 38.0 Å². The minimum Gasteiger partial charge on any atom is -0.389 e. The first-order valence-electron chi connectivity index (χ1n) is 7.52. The molecular weight excluding hydrogens is 316 g/mol. The summed E-state index contributed by atoms with van der Waals surface area (Å²) in [6.07, 6.45) is 7.39. The molecule has 2 rings (SSSR count). The molecule has 1 fully saturated rings. The molecule has 0 amide bonds. The molecule has 0 spiro atoms. The maximum absolute atomic E-state index is 5.99. The SMILES string of the molecule is CCSc1cccc(NC2CCCCC2SC)c1C(N)=S. The number of benzene rings is 1. The van der Waals surface area contributed by atoms with Crippen LogP contribution in [0.3, 0.4) is 0 Å². The average molecular weight is 341 g/mol. The largest absolute Gasteiger partial charge is 0.389 e. The number of nitrogens with one attached hydrogen (secondary N) is 1. The van der Waals surface area contributed by atoms with Crippen LogP contribution in [0.25, 0.3) is 0 Å². The second-order valence-electron chi connectivity index (χ2n) is 5.29. The number of nitrogens with two attached hydrogens (primary N) is 1. The Morgan fingerprint density at radius 2 is 2.14 bits per heavy atom. The highest BCUT2D eigenvalue weighted by molar-refractivity contribution is 7.99. The summed E-state index contributed by atoms with van der Waals surface area (Å²) in [6, 6.07) is 6.84. The van der Waals surface area contributed by atoms with Crippen LogP contribution in [0.2, 0.25) is 0 Å². The predicted octanol–water partition coefficient (Wildman–Crippen LogP) is 4.52. The zero-order chi connectivity index (χ0) is 15.2. The molecule has 1 aliphatic rings. The standard InChI is InChI=1S/C16H24N2S3/c1-3-21-14-10-6-8-12(15(14)16(17)19)18-11-7-4-5-9-13(11)20-2/h6,8,10-11,13,18H,3-5,7,9H2,1-2H3,(H2,17,19). The number of hydrogen-bond donors (Lipinski definition) is 2. The van der Waals surface area contributed by atoms with Crippen molar-refractivity contribution in [3.63, 3.8) is 0 Å². The van der Waals surface area contributed by atoms with Gasteiger partial charge in [-0.1, -0.05) is 38.0 Å². The van der Waals surface area contributed by atoms with Crippen LogP contribution in [0.1, 0.15) is 38.2 Å². The summed E-state index contributed by atoms with van der Waals surface area (Å²) in [6.45, 7) is 2.15. The number of anilines is 1. The second kappa shape index (κ2) is 8.30. The van der Waals surface area contributed by atoms with E-state index in [-0.39, 0.29) is 0 Å². The highest BCUT2D eigenvalue weighted by atomic mass is 32.2. The molecule has 0 bridgehead atoms. The van der Waals surface area contributed by atoms with Gasteiger partial charge in [0.25, 0.3) is 0 Å². The molecule has 2 atom stereocenters. The first kappa shape index (κ1) is 17.0. The lowest BCUT2D eigenvalue weighted by atomic mass is 9.94. The van der Waals surface area contributed by atoms with Crippen molar-refractivity contribution in [3.8, 4) is 0 Å². The Morgan fingerprint density at radius 3 is 2.81 bits per heavy atom. The van der Waals surface area contributed by atoms with E-state index in [0.717, 1.165) is 17.0 Å². The summed E-state index contributed by atoms with van der Waals surface area (Å²) in [5.74, 6) is 1.02. The second-order valence-corrected chi connectivity index (χ2v) is 8.11. The van der Waals surface area contributed by atoms with E-state index < -0.39 is 0 Å².